The maximum atomic E-state index is 14.2. The fourth-order valence-corrected chi connectivity index (χ4v) is 5.53. The molecule has 0 unspecified atom stereocenters. The summed E-state index contributed by atoms with van der Waals surface area (Å²) in [5, 5.41) is 0. The van der Waals surface area contributed by atoms with Crippen molar-refractivity contribution in [3.63, 3.8) is 0 Å². The predicted molar refractivity (Wildman–Crippen MR) is 141 cm³/mol. The SMILES string of the molecule is FC(F)(F)c1cc(N2CCC(CN3CCCC3)CC2)ccc1CN1CCOCCOCCOCCOCC1. The lowest BCUT2D eigenvalue weighted by atomic mass is 9.95. The van der Waals surface area contributed by atoms with Crippen LogP contribution in [0, 0.1) is 5.92 Å². The number of alkyl halides is 3. The van der Waals surface area contributed by atoms with Crippen molar-refractivity contribution in [2.75, 3.05) is 104 Å². The molecule has 1 aromatic carbocycles. The summed E-state index contributed by atoms with van der Waals surface area (Å²) in [6.45, 7) is 10.0. The molecule has 10 heteroatoms. The van der Waals surface area contributed by atoms with Crippen LogP contribution in [0.25, 0.3) is 0 Å². The van der Waals surface area contributed by atoms with E-state index in [1.807, 2.05) is 11.0 Å². The van der Waals surface area contributed by atoms with Gasteiger partial charge in [-0.05, 0) is 62.4 Å². The maximum absolute atomic E-state index is 14.2. The zero-order valence-corrected chi connectivity index (χ0v) is 22.6. The first-order chi connectivity index (χ1) is 18.5. The summed E-state index contributed by atoms with van der Waals surface area (Å²) < 4.78 is 64.8. The molecule has 0 atom stereocenters. The van der Waals surface area contributed by atoms with E-state index in [-0.39, 0.29) is 12.1 Å². The molecule has 0 aromatic heterocycles. The highest BCUT2D eigenvalue weighted by atomic mass is 19.4. The van der Waals surface area contributed by atoms with Crippen molar-refractivity contribution in [2.45, 2.75) is 38.4 Å². The fourth-order valence-electron chi connectivity index (χ4n) is 5.53. The molecule has 0 bridgehead atoms. The van der Waals surface area contributed by atoms with E-state index in [1.54, 1.807) is 6.07 Å². The van der Waals surface area contributed by atoms with E-state index < -0.39 is 11.7 Å². The molecule has 4 rings (SSSR count). The zero-order valence-electron chi connectivity index (χ0n) is 22.6. The van der Waals surface area contributed by atoms with E-state index in [0.717, 1.165) is 32.5 Å². The van der Waals surface area contributed by atoms with Gasteiger partial charge in [0, 0.05) is 45.0 Å². The lowest BCUT2D eigenvalue weighted by Gasteiger charge is -2.35. The van der Waals surface area contributed by atoms with Crippen LogP contribution < -0.4 is 4.90 Å². The van der Waals surface area contributed by atoms with E-state index in [9.17, 15) is 13.2 Å². The smallest absolute Gasteiger partial charge is 0.378 e. The molecule has 0 aliphatic carbocycles. The Kier molecular flexibility index (Phi) is 12.0. The van der Waals surface area contributed by atoms with Gasteiger partial charge in [-0.2, -0.15) is 13.2 Å². The molecular weight excluding hydrogens is 499 g/mol. The molecule has 216 valence electrons. The largest absolute Gasteiger partial charge is 0.416 e. The Morgan fingerprint density at radius 2 is 1.24 bits per heavy atom. The second-order valence-corrected chi connectivity index (χ2v) is 10.5. The number of ether oxygens (including phenoxy) is 4. The van der Waals surface area contributed by atoms with Gasteiger partial charge in [0.2, 0.25) is 0 Å². The van der Waals surface area contributed by atoms with E-state index in [0.29, 0.717) is 77.5 Å². The molecule has 3 saturated heterocycles. The van der Waals surface area contributed by atoms with Gasteiger partial charge >= 0.3 is 6.18 Å². The first kappa shape index (κ1) is 29.6. The van der Waals surface area contributed by atoms with Crippen LogP contribution in [0.15, 0.2) is 18.2 Å². The number of anilines is 1. The van der Waals surface area contributed by atoms with E-state index >= 15 is 0 Å². The van der Waals surface area contributed by atoms with Gasteiger partial charge in [0.15, 0.2) is 0 Å². The molecule has 0 spiro atoms. The summed E-state index contributed by atoms with van der Waals surface area (Å²) in [5.74, 6) is 0.639. The minimum absolute atomic E-state index is 0.187. The van der Waals surface area contributed by atoms with E-state index in [1.165, 1.54) is 32.0 Å². The molecule has 0 radical (unpaired) electrons. The highest BCUT2D eigenvalue weighted by molar-refractivity contribution is 5.52. The van der Waals surface area contributed by atoms with Crippen LogP contribution in [-0.2, 0) is 31.7 Å². The minimum Gasteiger partial charge on any atom is -0.378 e. The number of piperidine rings is 1. The Morgan fingerprint density at radius 1 is 0.684 bits per heavy atom. The average Bonchev–Trinajstić information content (AvgIpc) is 3.41. The molecule has 1 aromatic rings. The summed E-state index contributed by atoms with van der Waals surface area (Å²) in [6, 6.07) is 4.87. The Bertz CT molecular complexity index is 799. The molecule has 3 heterocycles. The van der Waals surface area contributed by atoms with Crippen molar-refractivity contribution in [3.05, 3.63) is 29.3 Å². The number of halogens is 3. The van der Waals surface area contributed by atoms with Gasteiger partial charge in [0.25, 0.3) is 0 Å². The van der Waals surface area contributed by atoms with E-state index in [2.05, 4.69) is 9.80 Å². The standard InChI is InChI=1S/C28H44F3N3O4/c29-28(30,31)27-21-26(34-9-5-24(6-10-34)22-32-7-1-2-8-32)4-3-25(27)23-33-11-13-35-15-17-37-19-20-38-18-16-36-14-12-33/h3-4,21,24H,1-2,5-20,22-23H2. The van der Waals surface area contributed by atoms with Gasteiger partial charge in [0.1, 0.15) is 0 Å². The second kappa shape index (κ2) is 15.4. The normalized spacial score (nSPS) is 23.3. The van der Waals surface area contributed by atoms with Gasteiger partial charge in [0.05, 0.1) is 58.4 Å². The Labute approximate surface area is 225 Å². The number of likely N-dealkylation sites (tertiary alicyclic amines) is 1. The molecule has 0 amide bonds. The Hall–Kier alpha value is -1.43. The lowest BCUT2D eigenvalue weighted by Crippen LogP contribution is -2.38. The number of rotatable bonds is 5. The summed E-state index contributed by atoms with van der Waals surface area (Å²) in [5.41, 5.74) is 0.410. The number of hydrogen-bond acceptors (Lipinski definition) is 7. The van der Waals surface area contributed by atoms with Crippen molar-refractivity contribution in [1.82, 2.24) is 9.80 Å². The first-order valence-electron chi connectivity index (χ1n) is 14.2. The van der Waals surface area contributed by atoms with Crippen molar-refractivity contribution in [1.29, 1.82) is 0 Å². The molecule has 0 N–H and O–H groups in total. The van der Waals surface area contributed by atoms with Crippen LogP contribution in [0.3, 0.4) is 0 Å². The molecule has 38 heavy (non-hydrogen) atoms. The molecule has 3 aliphatic rings. The maximum Gasteiger partial charge on any atom is 0.416 e. The summed E-state index contributed by atoms with van der Waals surface area (Å²) in [6.07, 6.45) is 0.217. The molecule has 3 fully saturated rings. The monoisotopic (exact) mass is 543 g/mol. The third-order valence-corrected chi connectivity index (χ3v) is 7.71. The van der Waals surface area contributed by atoms with Crippen molar-refractivity contribution < 1.29 is 32.1 Å². The zero-order chi connectivity index (χ0) is 26.6. The van der Waals surface area contributed by atoms with Crippen molar-refractivity contribution in [3.8, 4) is 0 Å². The lowest BCUT2D eigenvalue weighted by molar-refractivity contribution is -0.138. The van der Waals surface area contributed by atoms with Crippen molar-refractivity contribution >= 4 is 5.69 Å². The number of nitrogens with zero attached hydrogens (tertiary/aromatic N) is 3. The van der Waals surface area contributed by atoms with Crippen LogP contribution in [0.1, 0.15) is 36.8 Å². The minimum atomic E-state index is -4.41. The first-order valence-corrected chi connectivity index (χ1v) is 14.2. The van der Waals surface area contributed by atoms with Crippen LogP contribution in [-0.4, -0.2) is 108 Å². The third kappa shape index (κ3) is 9.64. The summed E-state index contributed by atoms with van der Waals surface area (Å²) in [7, 11) is 0. The summed E-state index contributed by atoms with van der Waals surface area (Å²) >= 11 is 0. The molecular formula is C28H44F3N3O4. The van der Waals surface area contributed by atoms with Crippen molar-refractivity contribution in [2.24, 2.45) is 5.92 Å². The van der Waals surface area contributed by atoms with Gasteiger partial charge in [-0.25, -0.2) is 0 Å². The third-order valence-electron chi connectivity index (χ3n) is 7.71. The second-order valence-electron chi connectivity index (χ2n) is 10.5. The highest BCUT2D eigenvalue weighted by Gasteiger charge is 2.35. The summed E-state index contributed by atoms with van der Waals surface area (Å²) in [4.78, 5) is 6.63. The highest BCUT2D eigenvalue weighted by Crippen LogP contribution is 2.36. The molecule has 7 nitrogen and oxygen atoms in total. The number of benzene rings is 1. The number of hydrogen-bond donors (Lipinski definition) is 0. The van der Waals surface area contributed by atoms with Gasteiger partial charge in [-0.3, -0.25) is 4.90 Å². The Balaban J connectivity index is 1.37. The van der Waals surface area contributed by atoms with Gasteiger partial charge in [-0.1, -0.05) is 6.07 Å². The van der Waals surface area contributed by atoms with Crippen LogP contribution in [0.5, 0.6) is 0 Å². The van der Waals surface area contributed by atoms with Crippen LogP contribution >= 0.6 is 0 Å². The van der Waals surface area contributed by atoms with Gasteiger partial charge in [-0.15, -0.1) is 0 Å². The fraction of sp³-hybridized carbons (Fsp3) is 0.786. The quantitative estimate of drug-likeness (QED) is 0.558. The van der Waals surface area contributed by atoms with Crippen LogP contribution in [0.4, 0.5) is 18.9 Å². The van der Waals surface area contributed by atoms with Gasteiger partial charge < -0.3 is 28.7 Å². The average molecular weight is 544 g/mol. The predicted octanol–water partition coefficient (Wildman–Crippen LogP) is 3.90. The Morgan fingerprint density at radius 3 is 1.79 bits per heavy atom. The molecule has 3 aliphatic heterocycles. The van der Waals surface area contributed by atoms with E-state index in [4.69, 9.17) is 18.9 Å². The molecule has 0 saturated carbocycles. The van der Waals surface area contributed by atoms with Crippen LogP contribution in [0.2, 0.25) is 0 Å². The topological polar surface area (TPSA) is 46.6 Å².